The summed E-state index contributed by atoms with van der Waals surface area (Å²) >= 11 is 0. The van der Waals surface area contributed by atoms with Crippen LogP contribution >= 0.6 is 0 Å². The lowest BCUT2D eigenvalue weighted by Crippen LogP contribution is -2.70. The van der Waals surface area contributed by atoms with Gasteiger partial charge in [0.2, 0.25) is 6.10 Å². The molecule has 0 aliphatic carbocycles. The molecule has 0 aromatic rings. The van der Waals surface area contributed by atoms with E-state index in [9.17, 15) is 43.8 Å². The van der Waals surface area contributed by atoms with Crippen LogP contribution in [0.4, 0.5) is 0 Å². The highest BCUT2D eigenvalue weighted by molar-refractivity contribution is 5.69. The summed E-state index contributed by atoms with van der Waals surface area (Å²) in [5.74, 6) is -9.93. The summed E-state index contributed by atoms with van der Waals surface area (Å²) in [5.41, 5.74) is 0. The smallest absolute Gasteiger partial charge is 0.370 e. The molecule has 0 spiro atoms. The molecule has 0 bridgehead atoms. The largest absolute Gasteiger partial charge is 0.463 e. The van der Waals surface area contributed by atoms with E-state index in [4.69, 9.17) is 47.4 Å². The Hall–Kier alpha value is -3.91. The van der Waals surface area contributed by atoms with Crippen molar-refractivity contribution in [2.45, 2.75) is 110 Å². The van der Waals surface area contributed by atoms with E-state index in [1.165, 1.54) is 0 Å². The molecule has 10 atom stereocenters. The molecule has 0 radical (unpaired) electrons. The molecule has 2 aliphatic heterocycles. The molecule has 45 heavy (non-hydrogen) atoms. The van der Waals surface area contributed by atoms with Crippen LogP contribution in [0.5, 0.6) is 0 Å². The zero-order valence-corrected chi connectivity index (χ0v) is 25.4. The first kappa shape index (κ1) is 37.3. The zero-order valence-electron chi connectivity index (χ0n) is 25.4. The fourth-order valence-corrected chi connectivity index (χ4v) is 4.63. The van der Waals surface area contributed by atoms with E-state index in [1.807, 2.05) is 0 Å². The highest BCUT2D eigenvalue weighted by Crippen LogP contribution is 2.38. The average molecular weight is 653 g/mol. The van der Waals surface area contributed by atoms with E-state index < -0.39 is 116 Å². The Morgan fingerprint density at radius 3 is 1.56 bits per heavy atom. The van der Waals surface area contributed by atoms with Gasteiger partial charge in [0.25, 0.3) is 0 Å². The van der Waals surface area contributed by atoms with Crippen molar-refractivity contribution in [1.29, 1.82) is 0 Å². The molecule has 2 aliphatic rings. The molecule has 19 heteroatoms. The second kappa shape index (κ2) is 15.9. The summed E-state index contributed by atoms with van der Waals surface area (Å²) in [6.07, 6.45) is -15.9. The molecular weight excluding hydrogens is 616 g/mol. The molecule has 2 fully saturated rings. The molecular formula is C26H36O19. The van der Waals surface area contributed by atoms with Gasteiger partial charge in [-0.3, -0.25) is 33.6 Å². The SMILES string of the molecule is CC(=O)OC[C@H]1O[C@@H](O[C@H]2[C@H](OC(C)=O)[C@@H](OC(C)=O)C(O)(OC(C)=O)O[C@@H]2CO)[C@H](OC(C)=O)[C@@H](OC(C)=O)[C@H]1OC(C)=O. The van der Waals surface area contributed by atoms with E-state index in [1.54, 1.807) is 0 Å². The van der Waals surface area contributed by atoms with Crippen LogP contribution in [0.1, 0.15) is 48.5 Å². The van der Waals surface area contributed by atoms with Gasteiger partial charge in [0.05, 0.1) is 6.61 Å². The first-order valence-corrected chi connectivity index (χ1v) is 13.4. The Kier molecular flexibility index (Phi) is 13.2. The van der Waals surface area contributed by atoms with Gasteiger partial charge in [0.1, 0.15) is 24.9 Å². The number of hydrogen-bond donors (Lipinski definition) is 2. The molecule has 0 aromatic heterocycles. The predicted octanol–water partition coefficient (Wildman–Crippen LogP) is -2.08. The van der Waals surface area contributed by atoms with E-state index >= 15 is 0 Å². The van der Waals surface area contributed by atoms with E-state index in [-0.39, 0.29) is 0 Å². The van der Waals surface area contributed by atoms with Crippen LogP contribution in [0.3, 0.4) is 0 Å². The number of carbonyl (C=O) groups excluding carboxylic acids is 7. The minimum Gasteiger partial charge on any atom is -0.463 e. The highest BCUT2D eigenvalue weighted by atomic mass is 16.9. The van der Waals surface area contributed by atoms with Crippen LogP contribution in [0.15, 0.2) is 0 Å². The predicted molar refractivity (Wildman–Crippen MR) is 137 cm³/mol. The van der Waals surface area contributed by atoms with Gasteiger partial charge >= 0.3 is 47.8 Å². The number of hydrogen-bond acceptors (Lipinski definition) is 19. The van der Waals surface area contributed by atoms with Crippen molar-refractivity contribution in [1.82, 2.24) is 0 Å². The van der Waals surface area contributed by atoms with Crippen LogP contribution in [0.25, 0.3) is 0 Å². The fourth-order valence-electron chi connectivity index (χ4n) is 4.63. The van der Waals surface area contributed by atoms with Crippen molar-refractivity contribution in [3.63, 3.8) is 0 Å². The summed E-state index contributed by atoms with van der Waals surface area (Å²) in [5, 5.41) is 21.3. The molecule has 1 unspecified atom stereocenters. The lowest BCUT2D eigenvalue weighted by atomic mass is 9.95. The Morgan fingerprint density at radius 2 is 1.09 bits per heavy atom. The van der Waals surface area contributed by atoms with Gasteiger partial charge in [-0.15, -0.1) is 0 Å². The molecule has 0 saturated carbocycles. The molecule has 0 amide bonds. The van der Waals surface area contributed by atoms with E-state index in [0.29, 0.717) is 0 Å². The van der Waals surface area contributed by atoms with Gasteiger partial charge in [0.15, 0.2) is 30.7 Å². The Balaban J connectivity index is 2.70. The second-order valence-electron chi connectivity index (χ2n) is 9.84. The van der Waals surface area contributed by atoms with Gasteiger partial charge < -0.3 is 57.6 Å². The zero-order chi connectivity index (χ0) is 34.2. The summed E-state index contributed by atoms with van der Waals surface area (Å²) in [6.45, 7) is 5.14. The number of aliphatic hydroxyl groups is 2. The van der Waals surface area contributed by atoms with Crippen molar-refractivity contribution >= 4 is 41.8 Å². The second-order valence-corrected chi connectivity index (χ2v) is 9.84. The fraction of sp³-hybridized carbons (Fsp3) is 0.731. The summed E-state index contributed by atoms with van der Waals surface area (Å²) in [6, 6.07) is 0. The Labute approximate surface area is 256 Å². The van der Waals surface area contributed by atoms with Crippen LogP contribution in [0, 0.1) is 0 Å². The molecule has 2 heterocycles. The summed E-state index contributed by atoms with van der Waals surface area (Å²) < 4.78 is 53.5. The first-order chi connectivity index (χ1) is 20.9. The summed E-state index contributed by atoms with van der Waals surface area (Å²) in [7, 11) is 0. The van der Waals surface area contributed by atoms with Crippen molar-refractivity contribution in [2.75, 3.05) is 13.2 Å². The number of carbonyl (C=O) groups is 7. The molecule has 254 valence electrons. The van der Waals surface area contributed by atoms with E-state index in [2.05, 4.69) is 0 Å². The maximum absolute atomic E-state index is 12.2. The topological polar surface area (TPSA) is 252 Å². The normalized spacial score (nSPS) is 32.7. The molecule has 2 rings (SSSR count). The standard InChI is InChI=1S/C26H36O19/c1-10(28)36-9-18-20(37-11(2)29)21(38-12(3)30)23(40-14(5)32)25(42-18)43-19-17(8-27)45-26(35,44-16(7)34)24(41-15(6)33)22(19)39-13(4)31/h17-25,27,35H,8-9H2,1-7H3/t17-,18-,19-,20+,21+,22+,23-,24-,25+,26?/m1/s1. The van der Waals surface area contributed by atoms with E-state index in [0.717, 1.165) is 48.5 Å². The monoisotopic (exact) mass is 652 g/mol. The van der Waals surface area contributed by atoms with Gasteiger partial charge in [-0.2, -0.15) is 0 Å². The van der Waals surface area contributed by atoms with Crippen molar-refractivity contribution in [3.8, 4) is 0 Å². The van der Waals surface area contributed by atoms with Gasteiger partial charge in [-0.05, 0) is 0 Å². The van der Waals surface area contributed by atoms with Crippen molar-refractivity contribution in [2.24, 2.45) is 0 Å². The number of rotatable bonds is 11. The third-order valence-electron chi connectivity index (χ3n) is 5.97. The maximum Gasteiger partial charge on any atom is 0.370 e. The third-order valence-corrected chi connectivity index (χ3v) is 5.97. The first-order valence-electron chi connectivity index (χ1n) is 13.4. The summed E-state index contributed by atoms with van der Waals surface area (Å²) in [4.78, 5) is 83.9. The van der Waals surface area contributed by atoms with Crippen LogP contribution in [0.2, 0.25) is 0 Å². The number of esters is 7. The molecule has 0 aromatic carbocycles. The van der Waals surface area contributed by atoms with Crippen LogP contribution in [-0.2, 0) is 80.9 Å². The Bertz CT molecular complexity index is 1140. The molecule has 2 N–H and O–H groups in total. The van der Waals surface area contributed by atoms with Gasteiger partial charge in [-0.1, -0.05) is 0 Å². The van der Waals surface area contributed by atoms with Crippen LogP contribution < -0.4 is 0 Å². The molecule has 2 saturated heterocycles. The molecule has 19 nitrogen and oxygen atoms in total. The average Bonchev–Trinajstić information content (AvgIpc) is 2.88. The van der Waals surface area contributed by atoms with Gasteiger partial charge in [0, 0.05) is 48.5 Å². The van der Waals surface area contributed by atoms with Crippen molar-refractivity contribution < 1.29 is 91.1 Å². The minimum atomic E-state index is -3.12. The minimum absolute atomic E-state index is 0.613. The third kappa shape index (κ3) is 10.3. The maximum atomic E-state index is 12.2. The number of ether oxygens (including phenoxy) is 10. The Morgan fingerprint density at radius 1 is 0.600 bits per heavy atom. The van der Waals surface area contributed by atoms with Crippen LogP contribution in [-0.4, -0.2) is 126 Å². The highest BCUT2D eigenvalue weighted by Gasteiger charge is 2.63. The lowest BCUT2D eigenvalue weighted by molar-refractivity contribution is -0.444. The quantitative estimate of drug-likeness (QED) is 0.138. The lowest BCUT2D eigenvalue weighted by Gasteiger charge is -2.50. The van der Waals surface area contributed by atoms with Crippen molar-refractivity contribution in [3.05, 3.63) is 0 Å². The number of aliphatic hydroxyl groups excluding tert-OH is 1. The van der Waals surface area contributed by atoms with Gasteiger partial charge in [-0.25, -0.2) is 0 Å².